The number of anilines is 1. The minimum Gasteiger partial charge on any atom is -0.373 e. The molecule has 3 rings (SSSR count). The van der Waals surface area contributed by atoms with Crippen molar-refractivity contribution < 1.29 is 9.31 Å². The largest absolute Gasteiger partial charge is 0.373 e. The maximum Gasteiger partial charge on any atom is 0.293 e. The lowest BCUT2D eigenvalue weighted by molar-refractivity contribution is -0.384. The van der Waals surface area contributed by atoms with Crippen molar-refractivity contribution in [2.75, 3.05) is 5.32 Å². The number of benzene rings is 2. The first-order valence-corrected chi connectivity index (χ1v) is 7.32. The molecule has 1 unspecified atom stereocenters. The molecule has 0 radical (unpaired) electrons. The van der Waals surface area contributed by atoms with E-state index < -0.39 is 4.92 Å². The summed E-state index contributed by atoms with van der Waals surface area (Å²) >= 11 is 3.24. The SMILES string of the molecule is O=[N+]([O-])c1cc(Br)ccc1NC1CCc2cc(F)ccc21. The Labute approximate surface area is 129 Å². The van der Waals surface area contributed by atoms with E-state index in [0.717, 1.165) is 24.0 Å². The van der Waals surface area contributed by atoms with Gasteiger partial charge < -0.3 is 5.32 Å². The van der Waals surface area contributed by atoms with Gasteiger partial charge in [0.25, 0.3) is 5.69 Å². The molecule has 0 heterocycles. The van der Waals surface area contributed by atoms with Crippen LogP contribution in [0.4, 0.5) is 15.8 Å². The van der Waals surface area contributed by atoms with Crippen molar-refractivity contribution in [2.45, 2.75) is 18.9 Å². The molecule has 0 aromatic heterocycles. The number of aryl methyl sites for hydroxylation is 1. The molecule has 21 heavy (non-hydrogen) atoms. The van der Waals surface area contributed by atoms with Gasteiger partial charge in [-0.15, -0.1) is 0 Å². The minimum absolute atomic E-state index is 0.0273. The van der Waals surface area contributed by atoms with Crippen LogP contribution in [0.25, 0.3) is 0 Å². The first kappa shape index (κ1) is 14.0. The van der Waals surface area contributed by atoms with Crippen molar-refractivity contribution in [3.05, 3.63) is 67.9 Å². The highest BCUT2D eigenvalue weighted by Crippen LogP contribution is 2.37. The molecule has 2 aromatic carbocycles. The fourth-order valence-corrected chi connectivity index (χ4v) is 3.05. The van der Waals surface area contributed by atoms with Gasteiger partial charge in [-0.3, -0.25) is 10.1 Å². The summed E-state index contributed by atoms with van der Waals surface area (Å²) in [5, 5.41) is 14.3. The van der Waals surface area contributed by atoms with E-state index in [1.165, 1.54) is 18.2 Å². The zero-order valence-corrected chi connectivity index (χ0v) is 12.6. The van der Waals surface area contributed by atoms with Crippen LogP contribution < -0.4 is 5.32 Å². The van der Waals surface area contributed by atoms with E-state index >= 15 is 0 Å². The van der Waals surface area contributed by atoms with Crippen LogP contribution in [-0.4, -0.2) is 4.92 Å². The maximum absolute atomic E-state index is 13.2. The summed E-state index contributed by atoms with van der Waals surface area (Å²) in [5.41, 5.74) is 2.48. The molecule has 1 N–H and O–H groups in total. The molecular weight excluding hydrogens is 339 g/mol. The molecule has 0 bridgehead atoms. The van der Waals surface area contributed by atoms with Crippen LogP contribution in [0.1, 0.15) is 23.6 Å². The van der Waals surface area contributed by atoms with E-state index in [-0.39, 0.29) is 17.5 Å². The quantitative estimate of drug-likeness (QED) is 0.650. The van der Waals surface area contributed by atoms with Gasteiger partial charge in [0.2, 0.25) is 0 Å². The van der Waals surface area contributed by atoms with Crippen molar-refractivity contribution in [1.29, 1.82) is 0 Å². The highest BCUT2D eigenvalue weighted by Gasteiger charge is 2.25. The van der Waals surface area contributed by atoms with E-state index in [1.54, 1.807) is 18.2 Å². The number of nitrogens with one attached hydrogen (secondary N) is 1. The van der Waals surface area contributed by atoms with Gasteiger partial charge in [-0.25, -0.2) is 4.39 Å². The molecule has 2 aromatic rings. The summed E-state index contributed by atoms with van der Waals surface area (Å²) in [6.07, 6.45) is 1.57. The number of rotatable bonds is 3. The van der Waals surface area contributed by atoms with Gasteiger partial charge >= 0.3 is 0 Å². The zero-order valence-electron chi connectivity index (χ0n) is 11.0. The van der Waals surface area contributed by atoms with Crippen molar-refractivity contribution in [3.63, 3.8) is 0 Å². The van der Waals surface area contributed by atoms with Crippen LogP contribution in [0.15, 0.2) is 40.9 Å². The number of nitrogens with zero attached hydrogens (tertiary/aromatic N) is 1. The second-order valence-corrected chi connectivity index (χ2v) is 5.91. The lowest BCUT2D eigenvalue weighted by Gasteiger charge is -2.15. The molecule has 1 aliphatic carbocycles. The third-order valence-electron chi connectivity index (χ3n) is 3.67. The summed E-state index contributed by atoms with van der Waals surface area (Å²) in [4.78, 5) is 10.7. The summed E-state index contributed by atoms with van der Waals surface area (Å²) in [6.45, 7) is 0. The van der Waals surface area contributed by atoms with Crippen LogP contribution in [0.3, 0.4) is 0 Å². The molecule has 4 nitrogen and oxygen atoms in total. The van der Waals surface area contributed by atoms with Gasteiger partial charge in [0.1, 0.15) is 11.5 Å². The molecule has 0 amide bonds. The monoisotopic (exact) mass is 350 g/mol. The Morgan fingerprint density at radius 3 is 2.86 bits per heavy atom. The first-order chi connectivity index (χ1) is 10.0. The Bertz CT molecular complexity index is 721. The van der Waals surface area contributed by atoms with Crippen molar-refractivity contribution in [3.8, 4) is 0 Å². The van der Waals surface area contributed by atoms with Crippen LogP contribution >= 0.6 is 15.9 Å². The van der Waals surface area contributed by atoms with Gasteiger partial charge in [0, 0.05) is 10.5 Å². The average molecular weight is 351 g/mol. The maximum atomic E-state index is 13.2. The standard InChI is InChI=1S/C15H12BrFN2O2/c16-10-2-6-14(15(8-10)19(20)21)18-13-5-1-9-7-11(17)3-4-12(9)13/h2-4,6-8,13,18H,1,5H2. The number of hydrogen-bond acceptors (Lipinski definition) is 3. The van der Waals surface area contributed by atoms with Gasteiger partial charge in [-0.05, 0) is 48.2 Å². The Morgan fingerprint density at radius 1 is 1.29 bits per heavy atom. The Morgan fingerprint density at radius 2 is 2.10 bits per heavy atom. The molecular formula is C15H12BrFN2O2. The van der Waals surface area contributed by atoms with E-state index in [0.29, 0.717) is 10.2 Å². The summed E-state index contributed by atoms with van der Waals surface area (Å²) in [7, 11) is 0. The first-order valence-electron chi connectivity index (χ1n) is 6.53. The van der Waals surface area contributed by atoms with Crippen LogP contribution in [0, 0.1) is 15.9 Å². The summed E-state index contributed by atoms with van der Waals surface area (Å²) in [6, 6.07) is 9.60. The number of hydrogen-bond donors (Lipinski definition) is 1. The molecule has 1 atom stereocenters. The molecule has 0 fully saturated rings. The van der Waals surface area contributed by atoms with Crippen molar-refractivity contribution >= 4 is 27.3 Å². The molecule has 108 valence electrons. The highest BCUT2D eigenvalue weighted by molar-refractivity contribution is 9.10. The summed E-state index contributed by atoms with van der Waals surface area (Å²) < 4.78 is 13.9. The van der Waals surface area contributed by atoms with E-state index in [4.69, 9.17) is 0 Å². The number of halogens is 2. The Kier molecular flexibility index (Phi) is 3.63. The molecule has 1 aliphatic rings. The molecule has 0 spiro atoms. The smallest absolute Gasteiger partial charge is 0.293 e. The fourth-order valence-electron chi connectivity index (χ4n) is 2.70. The van der Waals surface area contributed by atoms with E-state index in [2.05, 4.69) is 21.2 Å². The van der Waals surface area contributed by atoms with Crippen LogP contribution in [0.2, 0.25) is 0 Å². The Balaban J connectivity index is 1.91. The van der Waals surface area contributed by atoms with E-state index in [1.807, 2.05) is 0 Å². The zero-order chi connectivity index (χ0) is 15.0. The third kappa shape index (κ3) is 2.76. The lowest BCUT2D eigenvalue weighted by Crippen LogP contribution is -2.08. The molecule has 0 aliphatic heterocycles. The molecule has 6 heteroatoms. The molecule has 0 saturated carbocycles. The van der Waals surface area contributed by atoms with Crippen LogP contribution in [0.5, 0.6) is 0 Å². The average Bonchev–Trinajstić information content (AvgIpc) is 2.82. The normalized spacial score (nSPS) is 16.6. The van der Waals surface area contributed by atoms with Gasteiger partial charge in [0.05, 0.1) is 11.0 Å². The predicted molar refractivity (Wildman–Crippen MR) is 81.9 cm³/mol. The minimum atomic E-state index is -0.409. The Hall–Kier alpha value is -1.95. The number of nitro groups is 1. The highest BCUT2D eigenvalue weighted by atomic mass is 79.9. The van der Waals surface area contributed by atoms with Crippen molar-refractivity contribution in [1.82, 2.24) is 0 Å². The fraction of sp³-hybridized carbons (Fsp3) is 0.200. The van der Waals surface area contributed by atoms with Gasteiger partial charge in [-0.1, -0.05) is 22.0 Å². The topological polar surface area (TPSA) is 55.2 Å². The summed E-state index contributed by atoms with van der Waals surface area (Å²) in [5.74, 6) is -0.246. The number of fused-ring (bicyclic) bond motifs is 1. The van der Waals surface area contributed by atoms with Gasteiger partial charge in [0.15, 0.2) is 0 Å². The second kappa shape index (κ2) is 5.44. The van der Waals surface area contributed by atoms with Crippen LogP contribution in [-0.2, 0) is 6.42 Å². The van der Waals surface area contributed by atoms with E-state index in [9.17, 15) is 14.5 Å². The predicted octanol–water partition coefficient (Wildman–Crippen LogP) is 4.60. The second-order valence-electron chi connectivity index (χ2n) is 5.00. The third-order valence-corrected chi connectivity index (χ3v) is 4.16. The number of nitro benzene ring substituents is 1. The van der Waals surface area contributed by atoms with Crippen molar-refractivity contribution in [2.24, 2.45) is 0 Å². The lowest BCUT2D eigenvalue weighted by atomic mass is 10.1. The van der Waals surface area contributed by atoms with Gasteiger partial charge in [-0.2, -0.15) is 0 Å². The molecule has 0 saturated heterocycles.